The molecule has 4 nitrogen and oxygen atoms in total. The van der Waals surface area contributed by atoms with Gasteiger partial charge in [-0.3, -0.25) is 0 Å². The summed E-state index contributed by atoms with van der Waals surface area (Å²) in [6, 6.07) is 45.6. The molecule has 9 rings (SSSR count). The molecule has 0 spiro atoms. The maximum atomic E-state index is 8.90. The molecule has 0 N–H and O–H groups in total. The van der Waals surface area contributed by atoms with Crippen molar-refractivity contribution in [3.8, 4) is 67.5 Å². The lowest BCUT2D eigenvalue weighted by molar-refractivity contribution is 0.669. The molecule has 9 aromatic rings. The van der Waals surface area contributed by atoms with Gasteiger partial charge in [0.15, 0.2) is 17.5 Å². The normalized spacial score (nSPS) is 12.7. The average Bonchev–Trinajstić information content (AvgIpc) is 3.62. The van der Waals surface area contributed by atoms with Crippen molar-refractivity contribution in [2.45, 2.75) is 0 Å². The predicted molar refractivity (Wildman–Crippen MR) is 200 cm³/mol. The van der Waals surface area contributed by atoms with E-state index in [1.165, 1.54) is 0 Å². The zero-order chi connectivity index (χ0) is 36.9. The van der Waals surface area contributed by atoms with Gasteiger partial charge in [0.2, 0.25) is 0 Å². The Kier molecular flexibility index (Phi) is 5.87. The summed E-state index contributed by atoms with van der Waals surface area (Å²) in [6.07, 6.45) is 0. The van der Waals surface area contributed by atoms with Gasteiger partial charge < -0.3 is 4.42 Å². The highest BCUT2D eigenvalue weighted by atomic mass is 16.3. The number of benzene rings is 7. The molecular formula is C45H29N3O. The van der Waals surface area contributed by atoms with E-state index < -0.39 is 18.1 Å². The van der Waals surface area contributed by atoms with Gasteiger partial charge in [0.25, 0.3) is 0 Å². The molecule has 0 saturated carbocycles. The number of hydrogen-bond donors (Lipinski definition) is 0. The Morgan fingerprint density at radius 1 is 0.388 bits per heavy atom. The third kappa shape index (κ3) is 5.45. The fourth-order valence-corrected chi connectivity index (χ4v) is 6.24. The van der Waals surface area contributed by atoms with Crippen molar-refractivity contribution in [3.63, 3.8) is 0 Å². The second-order valence-electron chi connectivity index (χ2n) is 11.7. The third-order valence-electron chi connectivity index (χ3n) is 8.62. The monoisotopic (exact) mass is 632 g/mol. The molecule has 0 unspecified atom stereocenters. The quantitative estimate of drug-likeness (QED) is 0.183. The van der Waals surface area contributed by atoms with Crippen molar-refractivity contribution in [3.05, 3.63) is 176 Å². The van der Waals surface area contributed by atoms with Crippen molar-refractivity contribution in [2.75, 3.05) is 0 Å². The van der Waals surface area contributed by atoms with Crippen LogP contribution in [0.5, 0.6) is 0 Å². The fourth-order valence-electron chi connectivity index (χ4n) is 6.24. The van der Waals surface area contributed by atoms with Crippen LogP contribution < -0.4 is 0 Å². The Balaban J connectivity index is 1.29. The van der Waals surface area contributed by atoms with Gasteiger partial charge in [-0.05, 0) is 57.6 Å². The molecule has 2 heterocycles. The third-order valence-corrected chi connectivity index (χ3v) is 8.62. The molecule has 0 bridgehead atoms. The van der Waals surface area contributed by atoms with Crippen LogP contribution in [0.1, 0.15) is 6.85 Å². The van der Waals surface area contributed by atoms with Gasteiger partial charge in [0, 0.05) is 27.5 Å². The van der Waals surface area contributed by atoms with Crippen LogP contribution in [0.4, 0.5) is 0 Å². The van der Waals surface area contributed by atoms with Crippen molar-refractivity contribution < 1.29 is 11.3 Å². The van der Waals surface area contributed by atoms with Gasteiger partial charge in [-0.1, -0.05) is 152 Å². The summed E-state index contributed by atoms with van der Waals surface area (Å²) in [5, 5.41) is 1.39. The molecular weight excluding hydrogens is 599 g/mol. The molecule has 4 heteroatoms. The number of fused-ring (bicyclic) bond motifs is 3. The summed E-state index contributed by atoms with van der Waals surface area (Å²) in [6.45, 7) is 0. The predicted octanol–water partition coefficient (Wildman–Crippen LogP) is 11.8. The van der Waals surface area contributed by atoms with Crippen LogP contribution in [0.2, 0.25) is 0 Å². The lowest BCUT2D eigenvalue weighted by Gasteiger charge is -2.12. The molecule has 49 heavy (non-hydrogen) atoms. The fraction of sp³-hybridized carbons (Fsp3) is 0. The highest BCUT2D eigenvalue weighted by Gasteiger charge is 2.18. The molecule has 0 amide bonds. The minimum atomic E-state index is -0.457. The van der Waals surface area contributed by atoms with E-state index in [4.69, 9.17) is 26.2 Å². The molecule has 0 aliphatic rings. The standard InChI is InChI=1S/C45H29N3O/c1-4-13-30(14-5-1)32-23-25-34(26-24-32)43-46-44(36-20-12-19-35(27-36)31-15-6-2-7-16-31)48-45(47-43)37-28-39(33-17-8-3-9-18-33)42-38-21-10-11-22-40(38)49-41(42)29-37/h1-29H/i3D,8D,9D,17D,18D. The van der Waals surface area contributed by atoms with Crippen LogP contribution in [0, 0.1) is 0 Å². The van der Waals surface area contributed by atoms with Gasteiger partial charge in [-0.25, -0.2) is 15.0 Å². The Morgan fingerprint density at radius 3 is 1.67 bits per heavy atom. The van der Waals surface area contributed by atoms with E-state index in [0.29, 0.717) is 45.2 Å². The Bertz CT molecular complexity index is 2850. The van der Waals surface area contributed by atoms with E-state index in [2.05, 4.69) is 30.3 Å². The summed E-state index contributed by atoms with van der Waals surface area (Å²) in [4.78, 5) is 15.0. The van der Waals surface area contributed by atoms with Crippen molar-refractivity contribution >= 4 is 21.9 Å². The molecule has 2 aromatic heterocycles. The van der Waals surface area contributed by atoms with Gasteiger partial charge in [-0.2, -0.15) is 0 Å². The number of nitrogens with zero attached hydrogens (tertiary/aromatic N) is 3. The molecule has 0 atom stereocenters. The van der Waals surface area contributed by atoms with Crippen molar-refractivity contribution in [1.82, 2.24) is 15.0 Å². The lowest BCUT2D eigenvalue weighted by atomic mass is 9.96. The maximum Gasteiger partial charge on any atom is 0.164 e. The molecule has 0 fully saturated rings. The number of para-hydroxylation sites is 1. The number of aromatic nitrogens is 3. The molecule has 0 aliphatic heterocycles. The average molecular weight is 633 g/mol. The van der Waals surface area contributed by atoms with E-state index in [0.717, 1.165) is 38.8 Å². The molecule has 0 saturated heterocycles. The minimum Gasteiger partial charge on any atom is -0.456 e. The minimum absolute atomic E-state index is 0.0703. The first-order valence-electron chi connectivity index (χ1n) is 18.4. The summed E-state index contributed by atoms with van der Waals surface area (Å²) in [5.74, 6) is 1.24. The summed E-state index contributed by atoms with van der Waals surface area (Å²) >= 11 is 0. The number of rotatable bonds is 6. The topological polar surface area (TPSA) is 51.8 Å². The Morgan fingerprint density at radius 2 is 0.939 bits per heavy atom. The summed E-state index contributed by atoms with van der Waals surface area (Å²) in [5.41, 5.74) is 7.90. The first kappa shape index (κ1) is 23.6. The molecule has 0 radical (unpaired) electrons. The van der Waals surface area contributed by atoms with E-state index >= 15 is 0 Å². The largest absolute Gasteiger partial charge is 0.456 e. The van der Waals surface area contributed by atoms with Crippen LogP contribution >= 0.6 is 0 Å². The summed E-state index contributed by atoms with van der Waals surface area (Å²) < 4.78 is 49.4. The van der Waals surface area contributed by atoms with E-state index in [9.17, 15) is 0 Å². The van der Waals surface area contributed by atoms with E-state index in [1.54, 1.807) is 6.07 Å². The van der Waals surface area contributed by atoms with Crippen LogP contribution in [0.3, 0.4) is 0 Å². The zero-order valence-corrected chi connectivity index (χ0v) is 26.1. The van der Waals surface area contributed by atoms with Gasteiger partial charge in [-0.15, -0.1) is 0 Å². The SMILES string of the molecule is [2H]c1c([2H])c([2H])c(-c2cc(-c3nc(-c4ccc(-c5ccccc5)cc4)nc(-c4cccc(-c5ccccc5)c4)n3)cc3oc4ccccc4c23)c([2H])c1[2H]. The number of furan rings is 1. The van der Waals surface area contributed by atoms with Crippen molar-refractivity contribution in [1.29, 1.82) is 0 Å². The summed E-state index contributed by atoms with van der Waals surface area (Å²) in [7, 11) is 0. The van der Waals surface area contributed by atoms with Crippen LogP contribution in [0.25, 0.3) is 89.5 Å². The molecule has 7 aromatic carbocycles. The Hall–Kier alpha value is -6.65. The highest BCUT2D eigenvalue weighted by Crippen LogP contribution is 2.40. The highest BCUT2D eigenvalue weighted by molar-refractivity contribution is 6.13. The zero-order valence-electron chi connectivity index (χ0n) is 31.1. The van der Waals surface area contributed by atoms with Crippen LogP contribution in [-0.4, -0.2) is 15.0 Å². The second kappa shape index (κ2) is 12.2. The molecule has 230 valence electrons. The first-order valence-corrected chi connectivity index (χ1v) is 15.9. The lowest BCUT2D eigenvalue weighted by Crippen LogP contribution is -2.00. The first-order chi connectivity index (χ1) is 26.3. The Labute approximate surface area is 291 Å². The number of hydrogen-bond acceptors (Lipinski definition) is 4. The van der Waals surface area contributed by atoms with Crippen LogP contribution in [0.15, 0.2) is 180 Å². The van der Waals surface area contributed by atoms with Crippen LogP contribution in [-0.2, 0) is 0 Å². The van der Waals surface area contributed by atoms with E-state index in [1.807, 2.05) is 109 Å². The van der Waals surface area contributed by atoms with Gasteiger partial charge in [0.05, 0.1) is 6.85 Å². The van der Waals surface area contributed by atoms with Crippen molar-refractivity contribution in [2.24, 2.45) is 0 Å². The molecule has 0 aliphatic carbocycles. The van der Waals surface area contributed by atoms with Gasteiger partial charge >= 0.3 is 0 Å². The van der Waals surface area contributed by atoms with Gasteiger partial charge in [0.1, 0.15) is 11.2 Å². The second-order valence-corrected chi connectivity index (χ2v) is 11.7. The van der Waals surface area contributed by atoms with E-state index in [-0.39, 0.29) is 17.6 Å². The smallest absolute Gasteiger partial charge is 0.164 e. The maximum absolute atomic E-state index is 8.90.